The minimum atomic E-state index is -4.60. The molecule has 4 heteroatoms. The molecule has 0 saturated heterocycles. The monoisotopic (exact) mass is 272 g/mol. The van der Waals surface area contributed by atoms with Crippen LogP contribution in [-0.4, -0.2) is 17.4 Å². The molecule has 19 heavy (non-hydrogen) atoms. The summed E-state index contributed by atoms with van der Waals surface area (Å²) in [6, 6.07) is 8.77. The second kappa shape index (κ2) is 7.34. The molecule has 1 nitrogen and oxygen atoms in total. The molecule has 0 aliphatic heterocycles. The van der Waals surface area contributed by atoms with E-state index in [-0.39, 0.29) is 12.0 Å². The number of aliphatic hydroxyl groups excluding tert-OH is 1. The van der Waals surface area contributed by atoms with E-state index < -0.39 is 12.3 Å². The van der Waals surface area contributed by atoms with Gasteiger partial charge in [-0.05, 0) is 24.0 Å². The molecular weight excluding hydrogens is 253 g/mol. The summed E-state index contributed by atoms with van der Waals surface area (Å²) < 4.78 is 37.9. The Hall–Kier alpha value is -1.29. The summed E-state index contributed by atoms with van der Waals surface area (Å²) in [6.07, 6.45) is -2.83. The minimum Gasteiger partial charge on any atom is -0.379 e. The quantitative estimate of drug-likeness (QED) is 0.752. The normalized spacial score (nSPS) is 14.5. The van der Waals surface area contributed by atoms with Gasteiger partial charge in [0.1, 0.15) is 0 Å². The molecule has 106 valence electrons. The molecular formula is C15H19F3O. The summed E-state index contributed by atoms with van der Waals surface area (Å²) in [4.78, 5) is 0. The lowest BCUT2D eigenvalue weighted by Crippen LogP contribution is -2.30. The first-order valence-corrected chi connectivity index (χ1v) is 6.45. The van der Waals surface area contributed by atoms with Crippen molar-refractivity contribution in [1.29, 1.82) is 0 Å². The number of aliphatic hydroxyl groups is 1. The highest BCUT2D eigenvalue weighted by atomic mass is 19.4. The van der Waals surface area contributed by atoms with Gasteiger partial charge >= 0.3 is 6.18 Å². The summed E-state index contributed by atoms with van der Waals surface area (Å²) in [5, 5.41) is 9.41. The summed E-state index contributed by atoms with van der Waals surface area (Å²) in [7, 11) is 0. The largest absolute Gasteiger partial charge is 0.418 e. The van der Waals surface area contributed by atoms with Crippen molar-refractivity contribution in [3.05, 3.63) is 41.5 Å². The van der Waals surface area contributed by atoms with Crippen molar-refractivity contribution >= 4 is 6.08 Å². The number of hydrogen-bond acceptors (Lipinski definition) is 1. The average molecular weight is 272 g/mol. The second-order valence-corrected chi connectivity index (χ2v) is 4.53. The van der Waals surface area contributed by atoms with Gasteiger partial charge in [-0.25, -0.2) is 0 Å². The molecule has 0 saturated carbocycles. The summed E-state index contributed by atoms with van der Waals surface area (Å²) in [5.74, 6) is 0. The van der Waals surface area contributed by atoms with Crippen LogP contribution < -0.4 is 0 Å². The van der Waals surface area contributed by atoms with Crippen LogP contribution in [0.3, 0.4) is 0 Å². The van der Waals surface area contributed by atoms with Gasteiger partial charge < -0.3 is 5.11 Å². The molecule has 0 aromatic heterocycles. The van der Waals surface area contributed by atoms with Crippen molar-refractivity contribution in [3.8, 4) is 0 Å². The topological polar surface area (TPSA) is 20.2 Å². The second-order valence-electron chi connectivity index (χ2n) is 4.53. The molecule has 0 radical (unpaired) electrons. The van der Waals surface area contributed by atoms with E-state index in [9.17, 15) is 18.3 Å². The van der Waals surface area contributed by atoms with Crippen LogP contribution in [0, 0.1) is 0 Å². The molecule has 0 bridgehead atoms. The lowest BCUT2D eigenvalue weighted by atomic mass is 9.99. The van der Waals surface area contributed by atoms with Crippen molar-refractivity contribution in [1.82, 2.24) is 0 Å². The van der Waals surface area contributed by atoms with Crippen LogP contribution in [0.1, 0.15) is 38.2 Å². The number of hydrogen-bond donors (Lipinski definition) is 1. The first-order chi connectivity index (χ1) is 8.95. The highest BCUT2D eigenvalue weighted by molar-refractivity contribution is 5.53. The van der Waals surface area contributed by atoms with E-state index in [1.54, 1.807) is 30.3 Å². The van der Waals surface area contributed by atoms with E-state index in [1.807, 2.05) is 6.92 Å². The smallest absolute Gasteiger partial charge is 0.379 e. The SMILES string of the molecule is CCCCC/C(=C\c1ccccc1)C(O)C(F)(F)F. The maximum atomic E-state index is 12.6. The highest BCUT2D eigenvalue weighted by Gasteiger charge is 2.40. The van der Waals surface area contributed by atoms with Gasteiger partial charge in [0.2, 0.25) is 0 Å². The van der Waals surface area contributed by atoms with Crippen molar-refractivity contribution < 1.29 is 18.3 Å². The molecule has 0 aliphatic carbocycles. The van der Waals surface area contributed by atoms with Crippen LogP contribution in [-0.2, 0) is 0 Å². The zero-order valence-corrected chi connectivity index (χ0v) is 11.0. The first kappa shape index (κ1) is 15.8. The third-order valence-corrected chi connectivity index (χ3v) is 2.88. The molecule has 0 amide bonds. The van der Waals surface area contributed by atoms with Gasteiger partial charge in [-0.3, -0.25) is 0 Å². The van der Waals surface area contributed by atoms with E-state index in [4.69, 9.17) is 0 Å². The highest BCUT2D eigenvalue weighted by Crippen LogP contribution is 2.29. The number of alkyl halides is 3. The summed E-state index contributed by atoms with van der Waals surface area (Å²) >= 11 is 0. The zero-order valence-electron chi connectivity index (χ0n) is 11.0. The molecule has 0 fully saturated rings. The van der Waals surface area contributed by atoms with Crippen molar-refractivity contribution in [3.63, 3.8) is 0 Å². The fourth-order valence-electron chi connectivity index (χ4n) is 1.84. The van der Waals surface area contributed by atoms with E-state index in [2.05, 4.69) is 0 Å². The van der Waals surface area contributed by atoms with Crippen molar-refractivity contribution in [2.75, 3.05) is 0 Å². The summed E-state index contributed by atoms with van der Waals surface area (Å²) in [6.45, 7) is 1.99. The third-order valence-electron chi connectivity index (χ3n) is 2.88. The lowest BCUT2D eigenvalue weighted by molar-refractivity contribution is -0.191. The van der Waals surface area contributed by atoms with Gasteiger partial charge in [0.25, 0.3) is 0 Å². The molecule has 1 aromatic rings. The predicted molar refractivity (Wildman–Crippen MR) is 70.6 cm³/mol. The Morgan fingerprint density at radius 2 is 1.84 bits per heavy atom. The maximum Gasteiger partial charge on any atom is 0.418 e. The first-order valence-electron chi connectivity index (χ1n) is 6.45. The molecule has 1 unspecified atom stereocenters. The van der Waals surface area contributed by atoms with Gasteiger partial charge in [-0.15, -0.1) is 0 Å². The number of halogens is 3. The fourth-order valence-corrected chi connectivity index (χ4v) is 1.84. The Kier molecular flexibility index (Phi) is 6.09. The van der Waals surface area contributed by atoms with Crippen LogP contribution in [0.15, 0.2) is 35.9 Å². The van der Waals surface area contributed by atoms with Crippen LogP contribution in [0.25, 0.3) is 6.08 Å². The number of unbranched alkanes of at least 4 members (excludes halogenated alkanes) is 2. The van der Waals surface area contributed by atoms with E-state index in [1.165, 1.54) is 6.08 Å². The van der Waals surface area contributed by atoms with Crippen LogP contribution in [0.5, 0.6) is 0 Å². The van der Waals surface area contributed by atoms with E-state index in [0.717, 1.165) is 12.8 Å². The number of rotatable bonds is 6. The molecule has 0 aliphatic rings. The standard InChI is InChI=1S/C15H19F3O/c1-2-3-5-10-13(14(19)15(16,17)18)11-12-8-6-4-7-9-12/h4,6-9,11,14,19H,2-3,5,10H2,1H3/b13-11+. The molecule has 0 spiro atoms. The Bertz CT molecular complexity index is 396. The maximum absolute atomic E-state index is 12.6. The van der Waals surface area contributed by atoms with Gasteiger partial charge in [0.05, 0.1) is 0 Å². The molecule has 1 aromatic carbocycles. The number of benzene rings is 1. The zero-order chi connectivity index (χ0) is 14.3. The Morgan fingerprint density at radius 1 is 1.21 bits per heavy atom. The molecule has 0 heterocycles. The van der Waals surface area contributed by atoms with Gasteiger partial charge in [-0.2, -0.15) is 13.2 Å². The minimum absolute atomic E-state index is 0.0344. The Balaban J connectivity index is 2.89. The van der Waals surface area contributed by atoms with E-state index in [0.29, 0.717) is 12.0 Å². The van der Waals surface area contributed by atoms with Crippen LogP contribution in [0.2, 0.25) is 0 Å². The van der Waals surface area contributed by atoms with Gasteiger partial charge in [0.15, 0.2) is 6.10 Å². The summed E-state index contributed by atoms with van der Waals surface area (Å²) in [5.41, 5.74) is 0.712. The van der Waals surface area contributed by atoms with Crippen LogP contribution >= 0.6 is 0 Å². The Labute approximate surface area is 111 Å². The Morgan fingerprint density at radius 3 is 2.37 bits per heavy atom. The predicted octanol–water partition coefficient (Wildman–Crippen LogP) is 4.57. The molecule has 1 N–H and O–H groups in total. The van der Waals surface area contributed by atoms with Crippen LogP contribution in [0.4, 0.5) is 13.2 Å². The fraction of sp³-hybridized carbons (Fsp3) is 0.467. The van der Waals surface area contributed by atoms with Gasteiger partial charge in [0, 0.05) is 0 Å². The van der Waals surface area contributed by atoms with Gasteiger partial charge in [-0.1, -0.05) is 56.2 Å². The third kappa shape index (κ3) is 5.47. The molecule has 1 rings (SSSR count). The molecule has 1 atom stereocenters. The average Bonchev–Trinajstić information content (AvgIpc) is 2.37. The van der Waals surface area contributed by atoms with Crippen molar-refractivity contribution in [2.24, 2.45) is 0 Å². The lowest BCUT2D eigenvalue weighted by Gasteiger charge is -2.18. The van der Waals surface area contributed by atoms with E-state index >= 15 is 0 Å². The van der Waals surface area contributed by atoms with Crippen molar-refractivity contribution in [2.45, 2.75) is 44.9 Å².